The molecular formula is C7H14O3S. The summed E-state index contributed by atoms with van der Waals surface area (Å²) >= 11 is 1.55. The second-order valence-electron chi connectivity index (χ2n) is 2.22. The monoisotopic (exact) mass is 178 g/mol. The molecule has 0 aromatic rings. The molecule has 0 bridgehead atoms. The number of esters is 1. The molecule has 0 aromatic heterocycles. The molecule has 0 amide bonds. The third-order valence-corrected chi connectivity index (χ3v) is 2.41. The SMILES string of the molecule is COC(=O)C(C)CSCCO. The summed E-state index contributed by atoms with van der Waals surface area (Å²) in [5, 5.41) is 8.44. The first-order chi connectivity index (χ1) is 5.22. The van der Waals surface area contributed by atoms with Crippen LogP contribution in [-0.2, 0) is 9.53 Å². The van der Waals surface area contributed by atoms with Gasteiger partial charge >= 0.3 is 5.97 Å². The predicted octanol–water partition coefficient (Wildman–Crippen LogP) is 0.521. The van der Waals surface area contributed by atoms with Gasteiger partial charge in [-0.25, -0.2) is 0 Å². The first-order valence-electron chi connectivity index (χ1n) is 3.48. The summed E-state index contributed by atoms with van der Waals surface area (Å²) in [6.45, 7) is 1.98. The van der Waals surface area contributed by atoms with Crippen LogP contribution in [0.3, 0.4) is 0 Å². The Labute approximate surface area is 71.1 Å². The zero-order valence-corrected chi connectivity index (χ0v) is 7.69. The molecule has 0 rings (SSSR count). The van der Waals surface area contributed by atoms with Gasteiger partial charge in [-0.3, -0.25) is 4.79 Å². The van der Waals surface area contributed by atoms with Gasteiger partial charge < -0.3 is 9.84 Å². The molecule has 0 heterocycles. The van der Waals surface area contributed by atoms with Crippen LogP contribution < -0.4 is 0 Å². The van der Waals surface area contributed by atoms with Gasteiger partial charge in [-0.2, -0.15) is 11.8 Å². The normalized spacial score (nSPS) is 12.6. The molecule has 0 radical (unpaired) electrons. The molecule has 0 saturated heterocycles. The van der Waals surface area contributed by atoms with Crippen LogP contribution in [0.2, 0.25) is 0 Å². The Kier molecular flexibility index (Phi) is 6.36. The van der Waals surface area contributed by atoms with Crippen molar-refractivity contribution < 1.29 is 14.6 Å². The summed E-state index contributed by atoms with van der Waals surface area (Å²) in [5.41, 5.74) is 0. The highest BCUT2D eigenvalue weighted by atomic mass is 32.2. The Morgan fingerprint density at radius 2 is 2.36 bits per heavy atom. The van der Waals surface area contributed by atoms with Crippen molar-refractivity contribution in [2.45, 2.75) is 6.92 Å². The van der Waals surface area contributed by atoms with Crippen LogP contribution in [0.4, 0.5) is 0 Å². The van der Waals surface area contributed by atoms with Crippen LogP contribution in [0, 0.1) is 5.92 Å². The van der Waals surface area contributed by atoms with Crippen molar-refractivity contribution in [2.75, 3.05) is 25.2 Å². The van der Waals surface area contributed by atoms with Crippen molar-refractivity contribution in [3.63, 3.8) is 0 Å². The van der Waals surface area contributed by atoms with Crippen molar-refractivity contribution in [1.82, 2.24) is 0 Å². The van der Waals surface area contributed by atoms with Crippen molar-refractivity contribution in [3.8, 4) is 0 Å². The number of aliphatic hydroxyl groups is 1. The zero-order valence-electron chi connectivity index (χ0n) is 6.87. The fourth-order valence-electron chi connectivity index (χ4n) is 0.594. The van der Waals surface area contributed by atoms with Crippen LogP contribution >= 0.6 is 11.8 Å². The van der Waals surface area contributed by atoms with Crippen molar-refractivity contribution in [1.29, 1.82) is 0 Å². The Morgan fingerprint density at radius 3 is 2.82 bits per heavy atom. The molecule has 0 aliphatic heterocycles. The van der Waals surface area contributed by atoms with Crippen molar-refractivity contribution in [2.24, 2.45) is 5.92 Å². The van der Waals surface area contributed by atoms with E-state index in [1.54, 1.807) is 11.8 Å². The Balaban J connectivity index is 3.36. The molecule has 66 valence electrons. The smallest absolute Gasteiger partial charge is 0.309 e. The first kappa shape index (κ1) is 10.8. The maximum Gasteiger partial charge on any atom is 0.309 e. The maximum atomic E-state index is 10.8. The van der Waals surface area contributed by atoms with Gasteiger partial charge in [0, 0.05) is 11.5 Å². The van der Waals surface area contributed by atoms with E-state index in [9.17, 15) is 4.79 Å². The standard InChI is InChI=1S/C7H14O3S/c1-6(7(9)10-2)5-11-4-3-8/h6,8H,3-5H2,1-2H3. The zero-order chi connectivity index (χ0) is 8.69. The number of carbonyl (C=O) groups excluding carboxylic acids is 1. The third kappa shape index (κ3) is 5.09. The van der Waals surface area contributed by atoms with E-state index >= 15 is 0 Å². The predicted molar refractivity (Wildman–Crippen MR) is 45.6 cm³/mol. The van der Waals surface area contributed by atoms with E-state index in [-0.39, 0.29) is 18.5 Å². The fraction of sp³-hybridized carbons (Fsp3) is 0.857. The van der Waals surface area contributed by atoms with E-state index in [0.29, 0.717) is 11.5 Å². The molecule has 0 aliphatic carbocycles. The molecule has 11 heavy (non-hydrogen) atoms. The largest absolute Gasteiger partial charge is 0.469 e. The van der Waals surface area contributed by atoms with Crippen LogP contribution in [-0.4, -0.2) is 36.3 Å². The lowest BCUT2D eigenvalue weighted by atomic mass is 10.2. The molecule has 0 spiro atoms. The average Bonchev–Trinajstić information content (AvgIpc) is 2.03. The number of hydrogen-bond acceptors (Lipinski definition) is 4. The molecule has 1 unspecified atom stereocenters. The lowest BCUT2D eigenvalue weighted by Crippen LogP contribution is -2.15. The number of hydrogen-bond donors (Lipinski definition) is 1. The van der Waals surface area contributed by atoms with E-state index < -0.39 is 0 Å². The summed E-state index contributed by atoms with van der Waals surface area (Å²) in [6, 6.07) is 0. The molecule has 3 nitrogen and oxygen atoms in total. The van der Waals surface area contributed by atoms with E-state index in [4.69, 9.17) is 5.11 Å². The van der Waals surface area contributed by atoms with Crippen LogP contribution in [0.5, 0.6) is 0 Å². The number of thioether (sulfide) groups is 1. The van der Waals surface area contributed by atoms with Crippen LogP contribution in [0.1, 0.15) is 6.92 Å². The van der Waals surface area contributed by atoms with Gasteiger partial charge in [-0.15, -0.1) is 0 Å². The summed E-state index contributed by atoms with van der Waals surface area (Å²) in [5.74, 6) is 1.14. The van der Waals surface area contributed by atoms with E-state index in [0.717, 1.165) is 0 Å². The average molecular weight is 178 g/mol. The Bertz CT molecular complexity index is 116. The van der Waals surface area contributed by atoms with E-state index in [2.05, 4.69) is 4.74 Å². The first-order valence-corrected chi connectivity index (χ1v) is 4.64. The second-order valence-corrected chi connectivity index (χ2v) is 3.37. The highest BCUT2D eigenvalue weighted by Crippen LogP contribution is 2.08. The number of rotatable bonds is 5. The lowest BCUT2D eigenvalue weighted by Gasteiger charge is -2.06. The number of carbonyl (C=O) groups is 1. The minimum atomic E-state index is -0.185. The Hall–Kier alpha value is -0.220. The van der Waals surface area contributed by atoms with Crippen LogP contribution in [0.25, 0.3) is 0 Å². The topological polar surface area (TPSA) is 46.5 Å². The molecule has 0 aromatic carbocycles. The number of ether oxygens (including phenoxy) is 1. The second kappa shape index (κ2) is 6.49. The molecule has 0 aliphatic rings. The summed E-state index contributed by atoms with van der Waals surface area (Å²) in [7, 11) is 1.38. The van der Waals surface area contributed by atoms with Gasteiger partial charge in [-0.1, -0.05) is 6.92 Å². The van der Waals surface area contributed by atoms with Gasteiger partial charge in [0.25, 0.3) is 0 Å². The highest BCUT2D eigenvalue weighted by Gasteiger charge is 2.11. The minimum Gasteiger partial charge on any atom is -0.469 e. The van der Waals surface area contributed by atoms with E-state index in [1.807, 2.05) is 6.92 Å². The minimum absolute atomic E-state index is 0.0726. The maximum absolute atomic E-state index is 10.8. The fourth-order valence-corrected chi connectivity index (χ4v) is 1.38. The number of aliphatic hydroxyl groups excluding tert-OH is 1. The lowest BCUT2D eigenvalue weighted by molar-refractivity contribution is -0.143. The van der Waals surface area contributed by atoms with Crippen molar-refractivity contribution >= 4 is 17.7 Å². The summed E-state index contributed by atoms with van der Waals surface area (Å²) in [4.78, 5) is 10.8. The molecule has 4 heteroatoms. The molecule has 0 saturated carbocycles. The van der Waals surface area contributed by atoms with Crippen molar-refractivity contribution in [3.05, 3.63) is 0 Å². The molecule has 0 fully saturated rings. The Morgan fingerprint density at radius 1 is 1.73 bits per heavy atom. The molecule has 1 atom stereocenters. The van der Waals surface area contributed by atoms with Gasteiger partial charge in [0.05, 0.1) is 19.6 Å². The van der Waals surface area contributed by atoms with Gasteiger partial charge in [0.1, 0.15) is 0 Å². The summed E-state index contributed by atoms with van der Waals surface area (Å²) < 4.78 is 4.53. The third-order valence-electron chi connectivity index (χ3n) is 1.21. The van der Waals surface area contributed by atoms with Gasteiger partial charge in [-0.05, 0) is 0 Å². The highest BCUT2D eigenvalue weighted by molar-refractivity contribution is 7.99. The van der Waals surface area contributed by atoms with E-state index in [1.165, 1.54) is 7.11 Å². The molecule has 1 N–H and O–H groups in total. The molecular weight excluding hydrogens is 164 g/mol. The van der Waals surface area contributed by atoms with Crippen LogP contribution in [0.15, 0.2) is 0 Å². The number of methoxy groups -OCH3 is 1. The van der Waals surface area contributed by atoms with Gasteiger partial charge in [0.15, 0.2) is 0 Å². The van der Waals surface area contributed by atoms with Gasteiger partial charge in [0.2, 0.25) is 0 Å². The quantitative estimate of drug-likeness (QED) is 0.492. The summed E-state index contributed by atoms with van der Waals surface area (Å²) in [6.07, 6.45) is 0.